The molecule has 1 aliphatic carbocycles. The molecule has 8 heteroatoms. The minimum absolute atomic E-state index is 0.148. The topological polar surface area (TPSA) is 110 Å². The Hall–Kier alpha value is -4.72. The fourth-order valence-electron chi connectivity index (χ4n) is 5.23. The first-order chi connectivity index (χ1) is 19.2. The maximum atomic E-state index is 14.1. The van der Waals surface area contributed by atoms with Gasteiger partial charge in [0.1, 0.15) is 17.1 Å². The van der Waals surface area contributed by atoms with Crippen molar-refractivity contribution in [3.63, 3.8) is 0 Å². The Kier molecular flexibility index (Phi) is 6.25. The molecule has 202 valence electrons. The number of amides is 1. The van der Waals surface area contributed by atoms with Crippen LogP contribution in [0, 0.1) is 0 Å². The van der Waals surface area contributed by atoms with Gasteiger partial charge >= 0.3 is 6.09 Å². The minimum atomic E-state index is -0.580. The zero-order chi connectivity index (χ0) is 27.9. The molecule has 1 fully saturated rings. The summed E-state index contributed by atoms with van der Waals surface area (Å²) in [6.45, 7) is 5.55. The zero-order valence-electron chi connectivity index (χ0n) is 22.7. The predicted molar refractivity (Wildman–Crippen MR) is 154 cm³/mol. The first-order valence-corrected chi connectivity index (χ1v) is 13.4. The van der Waals surface area contributed by atoms with E-state index in [4.69, 9.17) is 9.15 Å². The van der Waals surface area contributed by atoms with Gasteiger partial charge in [-0.25, -0.2) is 4.79 Å². The van der Waals surface area contributed by atoms with Gasteiger partial charge in [-0.1, -0.05) is 54.6 Å². The van der Waals surface area contributed by atoms with E-state index in [9.17, 15) is 9.59 Å². The third kappa shape index (κ3) is 4.66. The number of hydrogen-bond acceptors (Lipinski definition) is 6. The fourth-order valence-corrected chi connectivity index (χ4v) is 5.23. The second kappa shape index (κ2) is 9.79. The lowest BCUT2D eigenvalue weighted by Gasteiger charge is -2.43. The van der Waals surface area contributed by atoms with Crippen LogP contribution in [-0.4, -0.2) is 26.9 Å². The number of carbonyl (C=O) groups excluding carboxylic acids is 1. The molecule has 3 aromatic heterocycles. The van der Waals surface area contributed by atoms with Crippen molar-refractivity contribution in [1.82, 2.24) is 20.5 Å². The number of rotatable bonds is 5. The SMILES string of the molecule is CC(C)(C)OC(=O)NC1(c2ccc(-c3c(-c4ccccc4)oc4c(-c5cn[nH]c5)nccc4c3=O)cc2)CCC1. The molecule has 40 heavy (non-hydrogen) atoms. The Balaban J connectivity index is 1.46. The fraction of sp³-hybridized carbons (Fsp3) is 0.250. The molecule has 1 saturated carbocycles. The lowest BCUT2D eigenvalue weighted by Crippen LogP contribution is -2.52. The maximum absolute atomic E-state index is 14.1. The van der Waals surface area contributed by atoms with Gasteiger partial charge < -0.3 is 14.5 Å². The van der Waals surface area contributed by atoms with Gasteiger partial charge in [-0.3, -0.25) is 14.9 Å². The highest BCUT2D eigenvalue weighted by Crippen LogP contribution is 2.42. The number of alkyl carbamates (subject to hydrolysis) is 1. The molecule has 8 nitrogen and oxygen atoms in total. The summed E-state index contributed by atoms with van der Waals surface area (Å²) in [5.41, 5.74) is 3.43. The van der Waals surface area contributed by atoms with E-state index in [0.717, 1.165) is 41.5 Å². The predicted octanol–water partition coefficient (Wildman–Crippen LogP) is 6.82. The number of carbonyl (C=O) groups is 1. The molecule has 0 aliphatic heterocycles. The first-order valence-electron chi connectivity index (χ1n) is 13.4. The molecule has 0 atom stereocenters. The normalized spacial score (nSPS) is 14.5. The number of ether oxygens (including phenoxy) is 1. The molecule has 0 unspecified atom stereocenters. The molecule has 0 saturated heterocycles. The standard InChI is InChI=1S/C32H30N4O4/c1-31(2,3)40-30(38)36-32(15-7-16-32)23-12-10-20(11-13-23)25-27(37)24-14-17-33-26(22-18-34-35-19-22)29(24)39-28(25)21-8-5-4-6-9-21/h4-6,8-14,17-19H,7,15-16H2,1-3H3,(H,34,35)(H,36,38). The van der Waals surface area contributed by atoms with Crippen molar-refractivity contribution >= 4 is 17.1 Å². The summed E-state index contributed by atoms with van der Waals surface area (Å²) in [7, 11) is 0. The van der Waals surface area contributed by atoms with Crippen molar-refractivity contribution in [2.75, 3.05) is 0 Å². The highest BCUT2D eigenvalue weighted by molar-refractivity contribution is 5.95. The first kappa shape index (κ1) is 25.6. The molecule has 0 spiro atoms. The Morgan fingerprint density at radius 1 is 1.00 bits per heavy atom. The Bertz CT molecular complexity index is 1730. The van der Waals surface area contributed by atoms with E-state index in [0.29, 0.717) is 28.0 Å². The molecule has 0 radical (unpaired) electrons. The van der Waals surface area contributed by atoms with Crippen molar-refractivity contribution in [2.24, 2.45) is 0 Å². The van der Waals surface area contributed by atoms with Gasteiger partial charge in [-0.15, -0.1) is 0 Å². The van der Waals surface area contributed by atoms with Crippen LogP contribution in [0.1, 0.15) is 45.6 Å². The highest BCUT2D eigenvalue weighted by atomic mass is 16.6. The van der Waals surface area contributed by atoms with Crippen LogP contribution in [-0.2, 0) is 10.3 Å². The number of aromatic nitrogens is 3. The average Bonchev–Trinajstić information content (AvgIpc) is 3.45. The van der Waals surface area contributed by atoms with Crippen molar-refractivity contribution in [1.29, 1.82) is 0 Å². The zero-order valence-corrected chi connectivity index (χ0v) is 22.7. The van der Waals surface area contributed by atoms with E-state index in [1.807, 2.05) is 75.4 Å². The smallest absolute Gasteiger partial charge is 0.408 e. The van der Waals surface area contributed by atoms with Crippen molar-refractivity contribution in [3.8, 4) is 33.7 Å². The van der Waals surface area contributed by atoms with E-state index in [2.05, 4.69) is 20.5 Å². The van der Waals surface area contributed by atoms with Gasteiger partial charge in [0.05, 0.1) is 22.7 Å². The number of hydrogen-bond donors (Lipinski definition) is 2. The minimum Gasteiger partial charge on any atom is -0.453 e. The van der Waals surface area contributed by atoms with Crippen LogP contribution >= 0.6 is 0 Å². The van der Waals surface area contributed by atoms with E-state index in [1.165, 1.54) is 0 Å². The van der Waals surface area contributed by atoms with Crippen LogP contribution in [0.5, 0.6) is 0 Å². The second-order valence-electron chi connectivity index (χ2n) is 11.2. The molecular weight excluding hydrogens is 504 g/mol. The van der Waals surface area contributed by atoms with E-state index in [-0.39, 0.29) is 5.43 Å². The lowest BCUT2D eigenvalue weighted by atomic mass is 9.71. The molecule has 5 aromatic rings. The van der Waals surface area contributed by atoms with Gasteiger partial charge in [0, 0.05) is 23.5 Å². The Morgan fingerprint density at radius 2 is 1.75 bits per heavy atom. The third-order valence-corrected chi connectivity index (χ3v) is 7.29. The molecule has 0 bridgehead atoms. The molecule has 2 N–H and O–H groups in total. The van der Waals surface area contributed by atoms with Crippen LogP contribution in [0.2, 0.25) is 0 Å². The van der Waals surface area contributed by atoms with Crippen molar-refractivity contribution in [2.45, 2.75) is 51.2 Å². The summed E-state index contributed by atoms with van der Waals surface area (Å²) in [5, 5.41) is 10.4. The van der Waals surface area contributed by atoms with Gasteiger partial charge in [0.15, 0.2) is 5.58 Å². The number of fused-ring (bicyclic) bond motifs is 1. The number of aromatic amines is 1. The van der Waals surface area contributed by atoms with E-state index < -0.39 is 17.2 Å². The number of pyridine rings is 1. The molecular formula is C32H30N4O4. The van der Waals surface area contributed by atoms with Gasteiger partial charge in [0.2, 0.25) is 5.43 Å². The average molecular weight is 535 g/mol. The summed E-state index contributed by atoms with van der Waals surface area (Å²) in [5.74, 6) is 0.467. The Labute approximate surface area is 231 Å². The van der Waals surface area contributed by atoms with Crippen LogP contribution in [0.3, 0.4) is 0 Å². The summed E-state index contributed by atoms with van der Waals surface area (Å²) in [4.78, 5) is 31.2. The van der Waals surface area contributed by atoms with Crippen LogP contribution in [0.15, 0.2) is 88.5 Å². The monoisotopic (exact) mass is 534 g/mol. The van der Waals surface area contributed by atoms with Crippen LogP contribution < -0.4 is 10.7 Å². The highest BCUT2D eigenvalue weighted by Gasteiger charge is 2.41. The number of nitrogens with one attached hydrogen (secondary N) is 2. The number of nitrogens with zero attached hydrogens (tertiary/aromatic N) is 2. The van der Waals surface area contributed by atoms with E-state index >= 15 is 0 Å². The van der Waals surface area contributed by atoms with E-state index in [1.54, 1.807) is 24.7 Å². The summed E-state index contributed by atoms with van der Waals surface area (Å²) in [6, 6.07) is 19.1. The third-order valence-electron chi connectivity index (χ3n) is 7.29. The van der Waals surface area contributed by atoms with Crippen molar-refractivity contribution < 1.29 is 13.9 Å². The van der Waals surface area contributed by atoms with Gasteiger partial charge in [-0.05, 0) is 57.2 Å². The van der Waals surface area contributed by atoms with Crippen LogP contribution in [0.25, 0.3) is 44.7 Å². The molecule has 2 aromatic carbocycles. The lowest BCUT2D eigenvalue weighted by molar-refractivity contribution is 0.0377. The van der Waals surface area contributed by atoms with Crippen molar-refractivity contribution in [3.05, 3.63) is 95.0 Å². The molecule has 6 rings (SSSR count). The van der Waals surface area contributed by atoms with Crippen LogP contribution in [0.4, 0.5) is 4.79 Å². The molecule has 1 aliphatic rings. The Morgan fingerprint density at radius 3 is 2.38 bits per heavy atom. The summed E-state index contributed by atoms with van der Waals surface area (Å²) in [6.07, 6.45) is 7.21. The van der Waals surface area contributed by atoms with Gasteiger partial charge in [-0.2, -0.15) is 5.10 Å². The second-order valence-corrected chi connectivity index (χ2v) is 11.2. The number of benzene rings is 2. The maximum Gasteiger partial charge on any atom is 0.408 e. The largest absolute Gasteiger partial charge is 0.453 e. The molecule has 3 heterocycles. The number of H-pyrrole nitrogens is 1. The molecule has 1 amide bonds. The van der Waals surface area contributed by atoms with Gasteiger partial charge in [0.25, 0.3) is 0 Å². The summed E-state index contributed by atoms with van der Waals surface area (Å²) >= 11 is 0. The quantitative estimate of drug-likeness (QED) is 0.256. The summed E-state index contributed by atoms with van der Waals surface area (Å²) < 4.78 is 12.0.